The van der Waals surface area contributed by atoms with Crippen molar-refractivity contribution in [3.63, 3.8) is 0 Å². The molecule has 23 heavy (non-hydrogen) atoms. The Bertz CT molecular complexity index is 384. The first-order chi connectivity index (χ1) is 10.5. The summed E-state index contributed by atoms with van der Waals surface area (Å²) >= 11 is 0. The van der Waals surface area contributed by atoms with E-state index < -0.39 is 0 Å². The van der Waals surface area contributed by atoms with Crippen LogP contribution in [0.4, 0.5) is 0 Å². The summed E-state index contributed by atoms with van der Waals surface area (Å²) in [6, 6.07) is 7.09. The minimum absolute atomic E-state index is 0.626. The molecular weight excluding hydrogens is 276 g/mol. The van der Waals surface area contributed by atoms with Gasteiger partial charge in [-0.05, 0) is 46.3 Å². The Kier molecular flexibility index (Phi) is 10.2. The molecule has 0 aliphatic rings. The predicted octanol–water partition coefficient (Wildman–Crippen LogP) is 7.91. The molecule has 0 aliphatic heterocycles. The van der Waals surface area contributed by atoms with Crippen molar-refractivity contribution in [2.24, 2.45) is 11.8 Å². The summed E-state index contributed by atoms with van der Waals surface area (Å²) in [4.78, 5) is 0. The fraction of sp³-hybridized carbons (Fsp3) is 0.652. The summed E-state index contributed by atoms with van der Waals surface area (Å²) in [7, 11) is 0. The second-order valence-corrected chi connectivity index (χ2v) is 8.27. The maximum atomic E-state index is 2.36. The molecule has 0 bridgehead atoms. The highest BCUT2D eigenvalue weighted by molar-refractivity contribution is 5.35. The molecule has 0 amide bonds. The van der Waals surface area contributed by atoms with Gasteiger partial charge in [-0.25, -0.2) is 0 Å². The summed E-state index contributed by atoms with van der Waals surface area (Å²) in [6.07, 6.45) is 4.48. The van der Waals surface area contributed by atoms with Crippen molar-refractivity contribution in [1.82, 2.24) is 0 Å². The summed E-state index contributed by atoms with van der Waals surface area (Å²) < 4.78 is 0. The Morgan fingerprint density at radius 3 is 0.826 bits per heavy atom. The van der Waals surface area contributed by atoms with Crippen molar-refractivity contribution in [2.75, 3.05) is 0 Å². The molecule has 0 spiro atoms. The Hall–Kier alpha value is -1.04. The van der Waals surface area contributed by atoms with Crippen LogP contribution in [0.3, 0.4) is 0 Å². The highest BCUT2D eigenvalue weighted by Crippen LogP contribution is 2.26. The van der Waals surface area contributed by atoms with Gasteiger partial charge in [0.15, 0.2) is 0 Å². The average molecular weight is 317 g/mol. The van der Waals surface area contributed by atoms with Crippen molar-refractivity contribution in [1.29, 1.82) is 0 Å². The number of rotatable bonds is 5. The van der Waals surface area contributed by atoms with Gasteiger partial charge in [0.2, 0.25) is 0 Å². The Balaban J connectivity index is 0.000000515. The van der Waals surface area contributed by atoms with Gasteiger partial charge >= 0.3 is 0 Å². The molecule has 1 rings (SSSR count). The van der Waals surface area contributed by atoms with Crippen LogP contribution in [0, 0.1) is 11.8 Å². The molecule has 0 fully saturated rings. The third-order valence-electron chi connectivity index (χ3n) is 3.88. The molecule has 0 atom stereocenters. The molecule has 0 N–H and O–H groups in total. The van der Waals surface area contributed by atoms with Crippen LogP contribution in [-0.4, -0.2) is 0 Å². The summed E-state index contributed by atoms with van der Waals surface area (Å²) in [5.41, 5.74) is 4.43. The molecule has 0 unspecified atom stereocenters. The normalized spacial score (nSPS) is 12.0. The molecule has 0 nitrogen and oxygen atoms in total. The molecular formula is C23H40. The molecule has 1 aromatic rings. The van der Waals surface area contributed by atoms with E-state index in [-0.39, 0.29) is 0 Å². The van der Waals surface area contributed by atoms with Crippen LogP contribution >= 0.6 is 0 Å². The van der Waals surface area contributed by atoms with Crippen LogP contribution in [0.15, 0.2) is 30.4 Å². The van der Waals surface area contributed by atoms with Crippen LogP contribution in [-0.2, 0) is 0 Å². The van der Waals surface area contributed by atoms with E-state index in [1.54, 1.807) is 0 Å². The minimum atomic E-state index is 0.626. The van der Waals surface area contributed by atoms with Crippen molar-refractivity contribution < 1.29 is 0 Å². The zero-order valence-corrected chi connectivity index (χ0v) is 17.3. The quantitative estimate of drug-likeness (QED) is 0.484. The fourth-order valence-electron chi connectivity index (χ4n) is 2.15. The zero-order chi connectivity index (χ0) is 18.2. The van der Waals surface area contributed by atoms with E-state index in [4.69, 9.17) is 0 Å². The van der Waals surface area contributed by atoms with Crippen LogP contribution in [0.5, 0.6) is 0 Å². The fourth-order valence-corrected chi connectivity index (χ4v) is 2.15. The Morgan fingerprint density at radius 1 is 0.478 bits per heavy atom. The van der Waals surface area contributed by atoms with Crippen molar-refractivity contribution in [3.05, 3.63) is 47.0 Å². The monoisotopic (exact) mass is 316 g/mol. The number of allylic oxidation sites excluding steroid dienone is 2. The second-order valence-electron chi connectivity index (χ2n) is 8.27. The first kappa shape index (κ1) is 22.0. The molecule has 132 valence electrons. The third-order valence-corrected chi connectivity index (χ3v) is 3.88. The van der Waals surface area contributed by atoms with E-state index in [2.05, 4.69) is 99.6 Å². The maximum absolute atomic E-state index is 2.36. The van der Waals surface area contributed by atoms with Crippen LogP contribution < -0.4 is 0 Å². The lowest BCUT2D eigenvalue weighted by molar-refractivity contribution is 0.780. The van der Waals surface area contributed by atoms with Gasteiger partial charge in [0.25, 0.3) is 0 Å². The Morgan fingerprint density at radius 2 is 0.696 bits per heavy atom. The zero-order valence-electron chi connectivity index (χ0n) is 17.3. The molecule has 0 aromatic heterocycles. The van der Waals surface area contributed by atoms with Gasteiger partial charge in [0.1, 0.15) is 0 Å². The molecule has 0 saturated carbocycles. The summed E-state index contributed by atoms with van der Waals surface area (Å²) in [5, 5.41) is 0. The number of hydrogen-bond acceptors (Lipinski definition) is 0. The van der Waals surface area contributed by atoms with E-state index in [9.17, 15) is 0 Å². The molecule has 0 heteroatoms. The number of benzene rings is 1. The highest BCUT2D eigenvalue weighted by Gasteiger charge is 2.08. The largest absolute Gasteiger partial charge is 0.0857 e. The van der Waals surface area contributed by atoms with E-state index in [1.807, 2.05) is 0 Å². The first-order valence-corrected chi connectivity index (χ1v) is 9.37. The molecule has 0 saturated heterocycles. The Labute approximate surface area is 146 Å². The van der Waals surface area contributed by atoms with Gasteiger partial charge in [-0.15, -0.1) is 0 Å². The first-order valence-electron chi connectivity index (χ1n) is 9.37. The van der Waals surface area contributed by atoms with Crippen molar-refractivity contribution >= 4 is 0 Å². The molecule has 0 aliphatic carbocycles. The van der Waals surface area contributed by atoms with Gasteiger partial charge in [-0.1, -0.05) is 99.6 Å². The summed E-state index contributed by atoms with van der Waals surface area (Å²) in [5.74, 6) is 3.29. The van der Waals surface area contributed by atoms with Crippen molar-refractivity contribution in [3.8, 4) is 0 Å². The van der Waals surface area contributed by atoms with Gasteiger partial charge in [-0.3, -0.25) is 0 Å². The van der Waals surface area contributed by atoms with E-state index >= 15 is 0 Å². The minimum Gasteiger partial charge on any atom is -0.0857 e. The summed E-state index contributed by atoms with van der Waals surface area (Å²) in [6.45, 7) is 22.4. The molecule has 0 radical (unpaired) electrons. The topological polar surface area (TPSA) is 0 Å². The second kappa shape index (κ2) is 10.7. The van der Waals surface area contributed by atoms with E-state index in [1.165, 1.54) is 16.7 Å². The van der Waals surface area contributed by atoms with Crippen LogP contribution in [0.25, 0.3) is 0 Å². The average Bonchev–Trinajstić information content (AvgIpc) is 2.45. The van der Waals surface area contributed by atoms with Gasteiger partial charge in [0.05, 0.1) is 0 Å². The van der Waals surface area contributed by atoms with Crippen LogP contribution in [0.2, 0.25) is 0 Å². The maximum Gasteiger partial charge on any atom is -0.0219 e. The van der Waals surface area contributed by atoms with Crippen LogP contribution in [0.1, 0.15) is 104 Å². The van der Waals surface area contributed by atoms with Gasteiger partial charge in [0, 0.05) is 0 Å². The number of hydrogen-bond donors (Lipinski definition) is 0. The van der Waals surface area contributed by atoms with E-state index in [0.717, 1.165) is 0 Å². The predicted molar refractivity (Wildman–Crippen MR) is 108 cm³/mol. The highest BCUT2D eigenvalue weighted by atomic mass is 14.1. The lowest BCUT2D eigenvalue weighted by Gasteiger charge is -2.16. The molecule has 1 aromatic carbocycles. The van der Waals surface area contributed by atoms with Gasteiger partial charge in [-0.2, -0.15) is 0 Å². The lowest BCUT2D eigenvalue weighted by atomic mass is 9.90. The third kappa shape index (κ3) is 9.64. The lowest BCUT2D eigenvalue weighted by Crippen LogP contribution is -1.98. The smallest absolute Gasteiger partial charge is 0.0219 e. The van der Waals surface area contributed by atoms with Crippen molar-refractivity contribution in [2.45, 2.75) is 87.0 Å². The van der Waals surface area contributed by atoms with Gasteiger partial charge < -0.3 is 0 Å². The van der Waals surface area contributed by atoms with E-state index in [0.29, 0.717) is 29.6 Å². The SMILES string of the molecule is CC(C)/C=C/C(C)C.CC(C)c1cc(C(C)C)cc(C(C)C)c1. The standard InChI is InChI=1S/C15H24.C8H16/c1-10(2)13-7-14(11(3)4)9-15(8-13)12(5)6;1-7(2)5-6-8(3)4/h7-12H,1-6H3;5-8H,1-4H3/b;6-5+. The molecule has 0 heterocycles.